The first kappa shape index (κ1) is 15.8. The van der Waals surface area contributed by atoms with Gasteiger partial charge in [0, 0.05) is 23.6 Å². The molecule has 1 atom stereocenters. The number of anilines is 1. The molecule has 0 saturated heterocycles. The van der Waals surface area contributed by atoms with E-state index in [-0.39, 0.29) is 11.9 Å². The molecule has 0 saturated carbocycles. The monoisotopic (exact) mass is 299 g/mol. The van der Waals surface area contributed by atoms with Crippen LogP contribution in [0, 0.1) is 5.92 Å². The van der Waals surface area contributed by atoms with Gasteiger partial charge in [-0.05, 0) is 48.7 Å². The molecule has 5 nitrogen and oxygen atoms in total. The van der Waals surface area contributed by atoms with Gasteiger partial charge >= 0.3 is 0 Å². The number of hydrogen-bond acceptors (Lipinski definition) is 2. The van der Waals surface area contributed by atoms with Crippen molar-refractivity contribution >= 4 is 17.5 Å². The Morgan fingerprint density at radius 2 is 1.73 bits per heavy atom. The van der Waals surface area contributed by atoms with Crippen LogP contribution in [0.25, 0.3) is 0 Å². The van der Waals surface area contributed by atoms with Crippen LogP contribution in [0.1, 0.15) is 36.7 Å². The van der Waals surface area contributed by atoms with E-state index in [2.05, 4.69) is 19.2 Å². The summed E-state index contributed by atoms with van der Waals surface area (Å²) in [7, 11) is 0. The summed E-state index contributed by atoms with van der Waals surface area (Å²) in [5.74, 6) is -0.157. The number of rotatable bonds is 6. The number of hydrogen-bond donors (Lipinski definition) is 2. The predicted octanol–water partition coefficient (Wildman–Crippen LogP) is 2.81. The Bertz CT molecular complexity index is 630. The SMILES string of the molecule is CC(C)C[C@H](C(=O)Nc1ccc(C(N)=O)cc1)n1cccc1. The molecule has 0 aliphatic heterocycles. The van der Waals surface area contributed by atoms with Gasteiger partial charge in [0.2, 0.25) is 11.8 Å². The number of nitrogens with two attached hydrogens (primary N) is 1. The molecule has 0 aliphatic rings. The van der Waals surface area contributed by atoms with Crippen LogP contribution < -0.4 is 11.1 Å². The van der Waals surface area contributed by atoms with Crippen molar-refractivity contribution in [3.63, 3.8) is 0 Å². The third-order valence-electron chi connectivity index (χ3n) is 3.42. The molecule has 5 heteroatoms. The van der Waals surface area contributed by atoms with Crippen LogP contribution in [-0.2, 0) is 4.79 Å². The minimum Gasteiger partial charge on any atom is -0.366 e. The van der Waals surface area contributed by atoms with Crippen LogP contribution in [0.15, 0.2) is 48.8 Å². The first-order valence-corrected chi connectivity index (χ1v) is 7.30. The van der Waals surface area contributed by atoms with E-state index in [0.717, 1.165) is 6.42 Å². The maximum absolute atomic E-state index is 12.5. The number of carbonyl (C=O) groups excluding carboxylic acids is 2. The molecule has 1 aromatic heterocycles. The quantitative estimate of drug-likeness (QED) is 0.860. The highest BCUT2D eigenvalue weighted by Crippen LogP contribution is 2.20. The maximum Gasteiger partial charge on any atom is 0.248 e. The number of carbonyl (C=O) groups is 2. The molecule has 2 aromatic rings. The number of primary amides is 1. The minimum atomic E-state index is -0.483. The molecule has 0 radical (unpaired) electrons. The summed E-state index contributed by atoms with van der Waals surface area (Å²) in [4.78, 5) is 23.6. The maximum atomic E-state index is 12.5. The van der Waals surface area contributed by atoms with E-state index in [1.54, 1.807) is 24.3 Å². The zero-order valence-electron chi connectivity index (χ0n) is 12.8. The lowest BCUT2D eigenvalue weighted by Crippen LogP contribution is -2.26. The van der Waals surface area contributed by atoms with E-state index in [1.807, 2.05) is 29.1 Å². The number of amides is 2. The summed E-state index contributed by atoms with van der Waals surface area (Å²) >= 11 is 0. The largest absolute Gasteiger partial charge is 0.366 e. The van der Waals surface area contributed by atoms with Gasteiger partial charge in [0.05, 0.1) is 0 Å². The smallest absolute Gasteiger partial charge is 0.248 e. The third-order valence-corrected chi connectivity index (χ3v) is 3.42. The zero-order valence-corrected chi connectivity index (χ0v) is 12.8. The van der Waals surface area contributed by atoms with Crippen LogP contribution in [0.5, 0.6) is 0 Å². The van der Waals surface area contributed by atoms with Crippen molar-refractivity contribution in [2.24, 2.45) is 11.7 Å². The van der Waals surface area contributed by atoms with Crippen molar-refractivity contribution in [3.8, 4) is 0 Å². The summed E-state index contributed by atoms with van der Waals surface area (Å²) < 4.78 is 1.91. The van der Waals surface area contributed by atoms with Gasteiger partial charge in [0.15, 0.2) is 0 Å². The average Bonchev–Trinajstić information content (AvgIpc) is 2.99. The topological polar surface area (TPSA) is 77.1 Å². The molecule has 2 rings (SSSR count). The standard InChI is InChI=1S/C17H21N3O2/c1-12(2)11-15(20-9-3-4-10-20)17(22)19-14-7-5-13(6-8-14)16(18)21/h3-10,12,15H,11H2,1-2H3,(H2,18,21)(H,19,22)/t15-/m1/s1. The lowest BCUT2D eigenvalue weighted by molar-refractivity contribution is -0.119. The summed E-state index contributed by atoms with van der Waals surface area (Å²) in [6, 6.07) is 10.1. The fourth-order valence-corrected chi connectivity index (χ4v) is 2.31. The van der Waals surface area contributed by atoms with Gasteiger partial charge in [-0.1, -0.05) is 13.8 Å². The number of nitrogens with one attached hydrogen (secondary N) is 1. The molecule has 0 fully saturated rings. The second kappa shape index (κ2) is 6.93. The van der Waals surface area contributed by atoms with E-state index in [1.165, 1.54) is 0 Å². The van der Waals surface area contributed by atoms with Crippen LogP contribution in [0.3, 0.4) is 0 Å². The predicted molar refractivity (Wildman–Crippen MR) is 86.5 cm³/mol. The Balaban J connectivity index is 2.12. The van der Waals surface area contributed by atoms with Gasteiger partial charge in [0.1, 0.15) is 6.04 Å². The van der Waals surface area contributed by atoms with Crippen LogP contribution in [-0.4, -0.2) is 16.4 Å². The minimum absolute atomic E-state index is 0.0725. The van der Waals surface area contributed by atoms with Crippen molar-refractivity contribution in [2.75, 3.05) is 5.32 Å². The van der Waals surface area contributed by atoms with E-state index < -0.39 is 5.91 Å². The molecule has 1 aromatic carbocycles. The van der Waals surface area contributed by atoms with Gasteiger partial charge in [-0.2, -0.15) is 0 Å². The summed E-state index contributed by atoms with van der Waals surface area (Å²) in [5.41, 5.74) is 6.27. The zero-order chi connectivity index (χ0) is 16.1. The molecular weight excluding hydrogens is 278 g/mol. The molecule has 1 heterocycles. The third kappa shape index (κ3) is 3.97. The van der Waals surface area contributed by atoms with E-state index in [4.69, 9.17) is 5.73 Å². The Hall–Kier alpha value is -2.56. The van der Waals surface area contributed by atoms with Crippen molar-refractivity contribution < 1.29 is 9.59 Å². The van der Waals surface area contributed by atoms with Crippen molar-refractivity contribution in [2.45, 2.75) is 26.3 Å². The highest BCUT2D eigenvalue weighted by atomic mass is 16.2. The average molecular weight is 299 g/mol. The molecule has 0 aliphatic carbocycles. The number of aromatic nitrogens is 1. The second-order valence-electron chi connectivity index (χ2n) is 5.71. The molecular formula is C17H21N3O2. The Labute approximate surface area is 130 Å². The summed E-state index contributed by atoms with van der Waals surface area (Å²) in [6.45, 7) is 4.18. The van der Waals surface area contributed by atoms with Crippen LogP contribution >= 0.6 is 0 Å². The Morgan fingerprint density at radius 3 is 2.23 bits per heavy atom. The second-order valence-corrected chi connectivity index (χ2v) is 5.71. The van der Waals surface area contributed by atoms with Crippen molar-refractivity contribution in [3.05, 3.63) is 54.4 Å². The van der Waals surface area contributed by atoms with Gasteiger partial charge < -0.3 is 15.6 Å². The fraction of sp³-hybridized carbons (Fsp3) is 0.294. The van der Waals surface area contributed by atoms with Crippen LogP contribution in [0.2, 0.25) is 0 Å². The van der Waals surface area contributed by atoms with Gasteiger partial charge in [0.25, 0.3) is 0 Å². The highest BCUT2D eigenvalue weighted by Gasteiger charge is 2.21. The lowest BCUT2D eigenvalue weighted by atomic mass is 10.0. The van der Waals surface area contributed by atoms with E-state index in [9.17, 15) is 9.59 Å². The normalized spacial score (nSPS) is 12.1. The highest BCUT2D eigenvalue weighted by molar-refractivity contribution is 5.96. The fourth-order valence-electron chi connectivity index (χ4n) is 2.31. The Morgan fingerprint density at radius 1 is 1.14 bits per heavy atom. The molecule has 2 amide bonds. The first-order chi connectivity index (χ1) is 10.5. The van der Waals surface area contributed by atoms with Crippen molar-refractivity contribution in [1.82, 2.24) is 4.57 Å². The van der Waals surface area contributed by atoms with Crippen LogP contribution in [0.4, 0.5) is 5.69 Å². The van der Waals surface area contributed by atoms with Gasteiger partial charge in [-0.25, -0.2) is 0 Å². The lowest BCUT2D eigenvalue weighted by Gasteiger charge is -2.20. The Kier molecular flexibility index (Phi) is 4.99. The van der Waals surface area contributed by atoms with Gasteiger partial charge in [-0.3, -0.25) is 9.59 Å². The number of nitrogens with zero attached hydrogens (tertiary/aromatic N) is 1. The molecule has 116 valence electrons. The molecule has 3 N–H and O–H groups in total. The van der Waals surface area contributed by atoms with E-state index in [0.29, 0.717) is 17.2 Å². The molecule has 0 spiro atoms. The van der Waals surface area contributed by atoms with E-state index >= 15 is 0 Å². The van der Waals surface area contributed by atoms with Gasteiger partial charge in [-0.15, -0.1) is 0 Å². The summed E-state index contributed by atoms with van der Waals surface area (Å²) in [5, 5.41) is 2.89. The molecule has 0 bridgehead atoms. The molecule has 22 heavy (non-hydrogen) atoms. The first-order valence-electron chi connectivity index (χ1n) is 7.30. The summed E-state index contributed by atoms with van der Waals surface area (Å²) in [6.07, 6.45) is 4.53. The van der Waals surface area contributed by atoms with Crippen molar-refractivity contribution in [1.29, 1.82) is 0 Å². The number of benzene rings is 1. The molecule has 0 unspecified atom stereocenters.